The van der Waals surface area contributed by atoms with E-state index in [9.17, 15) is 28.4 Å². The Kier molecular flexibility index (Phi) is 11.4. The number of esters is 1. The van der Waals surface area contributed by atoms with Gasteiger partial charge in [0.25, 0.3) is 0 Å². The first kappa shape index (κ1) is 30.7. The molecule has 0 aliphatic carbocycles. The number of benzene rings is 2. The molecule has 2 rings (SSSR count). The average molecular weight is 546 g/mol. The number of halogens is 1. The minimum Gasteiger partial charge on any atom is -0.481 e. The van der Waals surface area contributed by atoms with E-state index >= 15 is 0 Å². The highest BCUT2D eigenvalue weighted by Crippen LogP contribution is 2.14. The van der Waals surface area contributed by atoms with Gasteiger partial charge in [0.2, 0.25) is 11.8 Å². The van der Waals surface area contributed by atoms with E-state index in [2.05, 4.69) is 16.0 Å². The maximum absolute atomic E-state index is 14.0. The van der Waals surface area contributed by atoms with E-state index in [0.29, 0.717) is 5.56 Å². The minimum absolute atomic E-state index is 0.111. The molecule has 0 bridgehead atoms. The number of hydrogen-bond acceptors (Lipinski definition) is 7. The summed E-state index contributed by atoms with van der Waals surface area (Å²) < 4.78 is 24.4. The molecular formula is C27H32FN3O8. The standard InChI is InChI=1S/C27H32FN3O8/c1-27(2,3)39-23(34)15-21(31-26(37)38-16-17-9-5-4-6-10-17)25(36)30-20(13-14-22(32)33)24(35)29-19-12-8-7-11-18(19)28/h4-12,20-21H,13-16H2,1-3H3,(H,29,35)(H,30,36)(H,31,37)(H,32,33). The minimum atomic E-state index is -1.53. The van der Waals surface area contributed by atoms with Gasteiger partial charge in [0, 0.05) is 6.42 Å². The van der Waals surface area contributed by atoms with Gasteiger partial charge in [-0.05, 0) is 44.9 Å². The van der Waals surface area contributed by atoms with Crippen molar-refractivity contribution < 1.29 is 42.9 Å². The van der Waals surface area contributed by atoms with Crippen LogP contribution in [0.5, 0.6) is 0 Å². The van der Waals surface area contributed by atoms with Gasteiger partial charge in [-0.2, -0.15) is 0 Å². The topological polar surface area (TPSA) is 160 Å². The van der Waals surface area contributed by atoms with E-state index in [0.717, 1.165) is 6.07 Å². The van der Waals surface area contributed by atoms with Crippen molar-refractivity contribution in [3.05, 3.63) is 66.0 Å². The van der Waals surface area contributed by atoms with E-state index in [1.54, 1.807) is 51.1 Å². The van der Waals surface area contributed by atoms with E-state index in [1.165, 1.54) is 18.2 Å². The SMILES string of the molecule is CC(C)(C)OC(=O)CC(NC(=O)OCc1ccccc1)C(=O)NC(CCC(=O)O)C(=O)Nc1ccccc1F. The van der Waals surface area contributed by atoms with Gasteiger partial charge in [-0.15, -0.1) is 0 Å². The number of carboxylic acids is 1. The molecule has 4 N–H and O–H groups in total. The largest absolute Gasteiger partial charge is 0.481 e. The number of para-hydroxylation sites is 1. The van der Waals surface area contributed by atoms with E-state index in [-0.39, 0.29) is 18.7 Å². The predicted octanol–water partition coefficient (Wildman–Crippen LogP) is 3.14. The first-order chi connectivity index (χ1) is 18.3. The summed E-state index contributed by atoms with van der Waals surface area (Å²) in [5.74, 6) is -4.65. The zero-order valence-electron chi connectivity index (χ0n) is 21.9. The molecule has 3 amide bonds. The zero-order chi connectivity index (χ0) is 29.0. The normalized spacial score (nSPS) is 12.4. The van der Waals surface area contributed by atoms with Gasteiger partial charge in [-0.1, -0.05) is 42.5 Å². The highest BCUT2D eigenvalue weighted by Gasteiger charge is 2.31. The quantitative estimate of drug-likeness (QED) is 0.296. The molecule has 0 radical (unpaired) electrons. The van der Waals surface area contributed by atoms with Crippen molar-refractivity contribution in [1.82, 2.24) is 10.6 Å². The molecule has 0 saturated carbocycles. The monoisotopic (exact) mass is 545 g/mol. The number of amides is 3. The van der Waals surface area contributed by atoms with Crippen LogP contribution >= 0.6 is 0 Å². The molecule has 0 aromatic heterocycles. The van der Waals surface area contributed by atoms with E-state index < -0.39 is 66.2 Å². The van der Waals surface area contributed by atoms with Gasteiger partial charge in [-0.3, -0.25) is 19.2 Å². The lowest BCUT2D eigenvalue weighted by Crippen LogP contribution is -2.53. The second kappa shape index (κ2) is 14.5. The number of rotatable bonds is 12. The molecule has 2 atom stereocenters. The number of hydrogen-bond donors (Lipinski definition) is 4. The van der Waals surface area contributed by atoms with Gasteiger partial charge in [0.15, 0.2) is 0 Å². The Morgan fingerprint density at radius 2 is 1.54 bits per heavy atom. The molecule has 210 valence electrons. The summed E-state index contributed by atoms with van der Waals surface area (Å²) in [6.45, 7) is 4.75. The van der Waals surface area contributed by atoms with Crippen molar-refractivity contribution in [3.63, 3.8) is 0 Å². The van der Waals surface area contributed by atoms with Crippen molar-refractivity contribution in [2.24, 2.45) is 0 Å². The number of carbonyl (C=O) groups excluding carboxylic acids is 4. The Morgan fingerprint density at radius 3 is 2.15 bits per heavy atom. The highest BCUT2D eigenvalue weighted by molar-refractivity contribution is 5.99. The molecule has 0 heterocycles. The summed E-state index contributed by atoms with van der Waals surface area (Å²) in [6, 6.07) is 11.1. The molecule has 0 aliphatic rings. The van der Waals surface area contributed by atoms with Crippen LogP contribution in [0.2, 0.25) is 0 Å². The van der Waals surface area contributed by atoms with Crippen LogP contribution in [0.15, 0.2) is 54.6 Å². The molecule has 0 fully saturated rings. The van der Waals surface area contributed by atoms with Crippen molar-refractivity contribution in [1.29, 1.82) is 0 Å². The molecule has 0 aliphatic heterocycles. The smallest absolute Gasteiger partial charge is 0.408 e. The molecular weight excluding hydrogens is 513 g/mol. The van der Waals surface area contributed by atoms with Crippen LogP contribution in [0.1, 0.15) is 45.6 Å². The van der Waals surface area contributed by atoms with Gasteiger partial charge in [0.05, 0.1) is 12.1 Å². The van der Waals surface area contributed by atoms with Crippen molar-refractivity contribution in [3.8, 4) is 0 Å². The average Bonchev–Trinajstić information content (AvgIpc) is 2.85. The van der Waals surface area contributed by atoms with E-state index in [1.807, 2.05) is 0 Å². The molecule has 11 nitrogen and oxygen atoms in total. The number of carbonyl (C=O) groups is 5. The number of ether oxygens (including phenoxy) is 2. The van der Waals surface area contributed by atoms with Crippen LogP contribution in [0.4, 0.5) is 14.9 Å². The summed E-state index contributed by atoms with van der Waals surface area (Å²) in [7, 11) is 0. The third-order valence-corrected chi connectivity index (χ3v) is 5.02. The second-order valence-electron chi connectivity index (χ2n) is 9.51. The van der Waals surface area contributed by atoms with Crippen LogP contribution in [0.3, 0.4) is 0 Å². The fourth-order valence-corrected chi connectivity index (χ4v) is 3.26. The number of anilines is 1. The van der Waals surface area contributed by atoms with Gasteiger partial charge < -0.3 is 30.5 Å². The summed E-state index contributed by atoms with van der Waals surface area (Å²) in [5, 5.41) is 16.0. The van der Waals surface area contributed by atoms with Gasteiger partial charge in [0.1, 0.15) is 30.1 Å². The fourth-order valence-electron chi connectivity index (χ4n) is 3.26. The Bertz CT molecular complexity index is 1170. The molecule has 0 spiro atoms. The Balaban J connectivity index is 2.17. The molecule has 2 aromatic rings. The lowest BCUT2D eigenvalue weighted by atomic mass is 10.1. The molecule has 0 saturated heterocycles. The van der Waals surface area contributed by atoms with Crippen LogP contribution < -0.4 is 16.0 Å². The van der Waals surface area contributed by atoms with Crippen LogP contribution in [0, 0.1) is 5.82 Å². The van der Waals surface area contributed by atoms with E-state index in [4.69, 9.17) is 14.6 Å². The number of nitrogens with one attached hydrogen (secondary N) is 3. The Labute approximate surface area is 225 Å². The number of alkyl carbamates (subject to hydrolysis) is 1. The summed E-state index contributed by atoms with van der Waals surface area (Å²) >= 11 is 0. The summed E-state index contributed by atoms with van der Waals surface area (Å²) in [4.78, 5) is 62.0. The predicted molar refractivity (Wildman–Crippen MR) is 138 cm³/mol. The molecule has 2 aromatic carbocycles. The van der Waals surface area contributed by atoms with Crippen molar-refractivity contribution >= 4 is 35.5 Å². The van der Waals surface area contributed by atoms with Gasteiger partial charge in [-0.25, -0.2) is 9.18 Å². The summed E-state index contributed by atoms with van der Waals surface area (Å²) in [5.41, 5.74) is -0.375. The maximum Gasteiger partial charge on any atom is 0.408 e. The molecule has 2 unspecified atom stereocenters. The molecule has 39 heavy (non-hydrogen) atoms. The Morgan fingerprint density at radius 1 is 0.897 bits per heavy atom. The second-order valence-corrected chi connectivity index (χ2v) is 9.51. The maximum atomic E-state index is 14.0. The Hall–Kier alpha value is -4.48. The fraction of sp³-hybridized carbons (Fsp3) is 0.370. The number of carboxylic acid groups (broad SMARTS) is 1. The first-order valence-electron chi connectivity index (χ1n) is 12.1. The van der Waals surface area contributed by atoms with Crippen LogP contribution in [0.25, 0.3) is 0 Å². The van der Waals surface area contributed by atoms with Gasteiger partial charge >= 0.3 is 18.0 Å². The first-order valence-corrected chi connectivity index (χ1v) is 12.1. The number of aliphatic carboxylic acids is 1. The highest BCUT2D eigenvalue weighted by atomic mass is 19.1. The van der Waals surface area contributed by atoms with Crippen LogP contribution in [-0.4, -0.2) is 52.6 Å². The lowest BCUT2D eigenvalue weighted by Gasteiger charge is -2.24. The van der Waals surface area contributed by atoms with Crippen LogP contribution in [-0.2, 0) is 35.3 Å². The zero-order valence-corrected chi connectivity index (χ0v) is 21.9. The third kappa shape index (κ3) is 11.6. The lowest BCUT2D eigenvalue weighted by molar-refractivity contribution is -0.156. The van der Waals surface area contributed by atoms with Crippen molar-refractivity contribution in [2.75, 3.05) is 5.32 Å². The third-order valence-electron chi connectivity index (χ3n) is 5.02. The van der Waals surface area contributed by atoms with Crippen molar-refractivity contribution in [2.45, 2.75) is 64.3 Å². The summed E-state index contributed by atoms with van der Waals surface area (Å²) in [6.07, 6.45) is -2.47. The molecule has 12 heteroatoms.